The van der Waals surface area contributed by atoms with Crippen molar-refractivity contribution in [2.24, 2.45) is 5.92 Å². The molecule has 1 aromatic rings. The van der Waals surface area contributed by atoms with Crippen molar-refractivity contribution < 1.29 is 9.47 Å². The van der Waals surface area contributed by atoms with Gasteiger partial charge in [-0.3, -0.25) is 0 Å². The minimum atomic E-state index is 0.664. The molecule has 0 aliphatic rings. The summed E-state index contributed by atoms with van der Waals surface area (Å²) in [6.45, 7) is 11.4. The second-order valence-electron chi connectivity index (χ2n) is 5.43. The first-order chi connectivity index (χ1) is 9.65. The number of nitrogens with one attached hydrogen (secondary N) is 1. The number of hydrogen-bond acceptors (Lipinski definition) is 4. The van der Waals surface area contributed by atoms with Crippen LogP contribution in [-0.2, 0) is 22.6 Å². The number of rotatable bonds is 11. The topological polar surface area (TPSA) is 48.3 Å². The summed E-state index contributed by atoms with van der Waals surface area (Å²) in [5.41, 5.74) is 1.23. The number of aromatic nitrogens is 2. The first-order valence-corrected chi connectivity index (χ1v) is 7.43. The molecule has 0 atom stereocenters. The van der Waals surface area contributed by atoms with Crippen molar-refractivity contribution >= 4 is 0 Å². The van der Waals surface area contributed by atoms with Gasteiger partial charge in [-0.1, -0.05) is 13.8 Å². The van der Waals surface area contributed by atoms with Gasteiger partial charge in [-0.2, -0.15) is 0 Å². The molecule has 1 heterocycles. The van der Waals surface area contributed by atoms with Crippen LogP contribution in [0.4, 0.5) is 0 Å². The van der Waals surface area contributed by atoms with E-state index in [1.807, 2.05) is 13.1 Å². The van der Waals surface area contributed by atoms with Crippen molar-refractivity contribution in [2.75, 3.05) is 33.5 Å². The highest BCUT2D eigenvalue weighted by Gasteiger charge is 2.06. The fourth-order valence-electron chi connectivity index (χ4n) is 2.01. The van der Waals surface area contributed by atoms with Crippen LogP contribution in [0.25, 0.3) is 0 Å². The van der Waals surface area contributed by atoms with Gasteiger partial charge in [-0.05, 0) is 25.8 Å². The van der Waals surface area contributed by atoms with Crippen molar-refractivity contribution in [1.82, 2.24) is 14.9 Å². The molecule has 0 fully saturated rings. The Balaban J connectivity index is 2.31. The fourth-order valence-corrected chi connectivity index (χ4v) is 2.01. The second kappa shape index (κ2) is 9.91. The first-order valence-electron chi connectivity index (χ1n) is 7.43. The predicted molar refractivity (Wildman–Crippen MR) is 80.8 cm³/mol. The van der Waals surface area contributed by atoms with Gasteiger partial charge in [0.05, 0.1) is 12.3 Å². The Morgan fingerprint density at radius 3 is 2.80 bits per heavy atom. The Hall–Kier alpha value is -0.910. The zero-order valence-electron chi connectivity index (χ0n) is 13.3. The molecule has 0 amide bonds. The number of hydrogen-bond donors (Lipinski definition) is 1. The van der Waals surface area contributed by atoms with E-state index in [1.165, 1.54) is 5.69 Å². The number of nitrogens with zero attached hydrogens (tertiary/aromatic N) is 2. The van der Waals surface area contributed by atoms with E-state index in [1.54, 1.807) is 7.11 Å². The smallest absolute Gasteiger partial charge is 0.105 e. The van der Waals surface area contributed by atoms with Crippen LogP contribution in [0.5, 0.6) is 0 Å². The van der Waals surface area contributed by atoms with Crippen molar-refractivity contribution in [1.29, 1.82) is 0 Å². The molecule has 1 aromatic heterocycles. The van der Waals surface area contributed by atoms with Gasteiger partial charge in [-0.15, -0.1) is 0 Å². The lowest BCUT2D eigenvalue weighted by atomic mass is 10.2. The van der Waals surface area contributed by atoms with E-state index in [0.717, 1.165) is 51.7 Å². The standard InChI is InChI=1S/C15H29N3O2/c1-13(2)10-16-11-15-12-17-14(3)18(15)6-9-20-8-5-7-19-4/h12-13,16H,5-11H2,1-4H3. The van der Waals surface area contributed by atoms with Crippen LogP contribution in [0.1, 0.15) is 31.8 Å². The largest absolute Gasteiger partial charge is 0.385 e. The summed E-state index contributed by atoms with van der Waals surface area (Å²) >= 11 is 0. The Morgan fingerprint density at radius 1 is 1.30 bits per heavy atom. The maximum absolute atomic E-state index is 5.61. The molecule has 0 bridgehead atoms. The summed E-state index contributed by atoms with van der Waals surface area (Å²) in [5.74, 6) is 1.71. The van der Waals surface area contributed by atoms with Gasteiger partial charge in [0.15, 0.2) is 0 Å². The fraction of sp³-hybridized carbons (Fsp3) is 0.800. The van der Waals surface area contributed by atoms with E-state index in [2.05, 4.69) is 28.7 Å². The Labute approximate surface area is 122 Å². The van der Waals surface area contributed by atoms with Crippen molar-refractivity contribution in [2.45, 2.75) is 40.3 Å². The van der Waals surface area contributed by atoms with Crippen molar-refractivity contribution in [3.63, 3.8) is 0 Å². The zero-order chi connectivity index (χ0) is 14.8. The lowest BCUT2D eigenvalue weighted by Crippen LogP contribution is -2.22. The maximum Gasteiger partial charge on any atom is 0.105 e. The van der Waals surface area contributed by atoms with Gasteiger partial charge < -0.3 is 19.4 Å². The molecular weight excluding hydrogens is 254 g/mol. The van der Waals surface area contributed by atoms with Gasteiger partial charge in [0.1, 0.15) is 5.82 Å². The van der Waals surface area contributed by atoms with E-state index >= 15 is 0 Å². The molecule has 0 aromatic carbocycles. The van der Waals surface area contributed by atoms with Gasteiger partial charge in [0.25, 0.3) is 0 Å². The molecular formula is C15H29N3O2. The van der Waals surface area contributed by atoms with E-state index < -0.39 is 0 Å². The highest BCUT2D eigenvalue weighted by molar-refractivity contribution is 5.04. The quantitative estimate of drug-likeness (QED) is 0.631. The number of methoxy groups -OCH3 is 1. The van der Waals surface area contributed by atoms with Crippen LogP contribution in [0, 0.1) is 12.8 Å². The maximum atomic E-state index is 5.61. The Bertz CT molecular complexity index is 364. The third kappa shape index (κ3) is 6.50. The summed E-state index contributed by atoms with van der Waals surface area (Å²) in [4.78, 5) is 4.39. The summed E-state index contributed by atoms with van der Waals surface area (Å²) in [7, 11) is 1.71. The Morgan fingerprint density at radius 2 is 2.10 bits per heavy atom. The van der Waals surface area contributed by atoms with Crippen LogP contribution in [0.2, 0.25) is 0 Å². The summed E-state index contributed by atoms with van der Waals surface area (Å²) in [6.07, 6.45) is 2.90. The average molecular weight is 283 g/mol. The molecule has 5 heteroatoms. The number of ether oxygens (including phenoxy) is 2. The lowest BCUT2D eigenvalue weighted by molar-refractivity contribution is 0.0970. The normalized spacial score (nSPS) is 11.4. The molecule has 116 valence electrons. The van der Waals surface area contributed by atoms with Gasteiger partial charge in [-0.25, -0.2) is 4.98 Å². The van der Waals surface area contributed by atoms with E-state index in [4.69, 9.17) is 9.47 Å². The van der Waals surface area contributed by atoms with Gasteiger partial charge >= 0.3 is 0 Å². The van der Waals surface area contributed by atoms with Gasteiger partial charge in [0.2, 0.25) is 0 Å². The van der Waals surface area contributed by atoms with Crippen LogP contribution in [-0.4, -0.2) is 43.0 Å². The SMILES string of the molecule is COCCCOCCn1c(CNCC(C)C)cnc1C. The average Bonchev–Trinajstić information content (AvgIpc) is 2.75. The highest BCUT2D eigenvalue weighted by Crippen LogP contribution is 2.05. The molecule has 0 saturated carbocycles. The molecule has 5 nitrogen and oxygen atoms in total. The molecule has 0 aliphatic heterocycles. The summed E-state index contributed by atoms with van der Waals surface area (Å²) < 4.78 is 12.8. The van der Waals surface area contributed by atoms with Crippen LogP contribution in [0.3, 0.4) is 0 Å². The zero-order valence-corrected chi connectivity index (χ0v) is 13.3. The van der Waals surface area contributed by atoms with Crippen LogP contribution >= 0.6 is 0 Å². The molecule has 0 unspecified atom stereocenters. The molecule has 0 aliphatic carbocycles. The molecule has 0 spiro atoms. The molecule has 1 rings (SSSR count). The predicted octanol–water partition coefficient (Wildman–Crippen LogP) is 1.99. The summed E-state index contributed by atoms with van der Waals surface area (Å²) in [5, 5.41) is 3.45. The number of aryl methyl sites for hydroxylation is 1. The second-order valence-corrected chi connectivity index (χ2v) is 5.43. The lowest BCUT2D eigenvalue weighted by Gasteiger charge is -2.12. The molecule has 20 heavy (non-hydrogen) atoms. The first kappa shape index (κ1) is 17.1. The monoisotopic (exact) mass is 283 g/mol. The van der Waals surface area contributed by atoms with Crippen LogP contribution < -0.4 is 5.32 Å². The molecule has 0 radical (unpaired) electrons. The number of imidazole rings is 1. The van der Waals surface area contributed by atoms with E-state index in [-0.39, 0.29) is 0 Å². The summed E-state index contributed by atoms with van der Waals surface area (Å²) in [6, 6.07) is 0. The minimum absolute atomic E-state index is 0.664. The third-order valence-corrected chi connectivity index (χ3v) is 3.09. The van der Waals surface area contributed by atoms with E-state index in [0.29, 0.717) is 5.92 Å². The molecule has 1 N–H and O–H groups in total. The molecule has 0 saturated heterocycles. The van der Waals surface area contributed by atoms with Gasteiger partial charge in [0, 0.05) is 39.6 Å². The van der Waals surface area contributed by atoms with Crippen molar-refractivity contribution in [3.8, 4) is 0 Å². The van der Waals surface area contributed by atoms with Crippen molar-refractivity contribution in [3.05, 3.63) is 17.7 Å². The van der Waals surface area contributed by atoms with Crippen LogP contribution in [0.15, 0.2) is 6.20 Å². The Kier molecular flexibility index (Phi) is 8.49. The van der Waals surface area contributed by atoms with E-state index in [9.17, 15) is 0 Å². The minimum Gasteiger partial charge on any atom is -0.385 e. The third-order valence-electron chi connectivity index (χ3n) is 3.09. The highest BCUT2D eigenvalue weighted by atomic mass is 16.5.